The lowest BCUT2D eigenvalue weighted by Gasteiger charge is -2.20. The molecule has 0 radical (unpaired) electrons. The Labute approximate surface area is 118 Å². The van der Waals surface area contributed by atoms with Gasteiger partial charge in [-0.25, -0.2) is 4.39 Å². The highest BCUT2D eigenvalue weighted by atomic mass is 32.2. The van der Waals surface area contributed by atoms with Gasteiger partial charge in [-0.1, -0.05) is 36.8 Å². The van der Waals surface area contributed by atoms with Gasteiger partial charge in [-0.15, -0.1) is 11.8 Å². The zero-order chi connectivity index (χ0) is 13.8. The second-order valence-corrected chi connectivity index (χ2v) is 6.16. The monoisotopic (exact) mass is 275 g/mol. The van der Waals surface area contributed by atoms with Gasteiger partial charge in [0.1, 0.15) is 5.82 Å². The van der Waals surface area contributed by atoms with Gasteiger partial charge in [0.25, 0.3) is 0 Å². The summed E-state index contributed by atoms with van der Waals surface area (Å²) in [4.78, 5) is 1.04. The average molecular weight is 275 g/mol. The lowest BCUT2D eigenvalue weighted by molar-refractivity contribution is 0.626. The largest absolute Gasteiger partial charge is 0.323 e. The van der Waals surface area contributed by atoms with Gasteiger partial charge in [-0.3, -0.25) is 0 Å². The molecule has 0 aliphatic rings. The lowest BCUT2D eigenvalue weighted by atomic mass is 10.0. The number of nitrogens with two attached hydrogens (primary N) is 1. The summed E-state index contributed by atoms with van der Waals surface area (Å²) in [6.07, 6.45) is 0. The van der Waals surface area contributed by atoms with Crippen LogP contribution < -0.4 is 5.73 Å². The van der Waals surface area contributed by atoms with Crippen LogP contribution >= 0.6 is 11.8 Å². The molecule has 0 aliphatic carbocycles. The molecule has 2 unspecified atom stereocenters. The van der Waals surface area contributed by atoms with Gasteiger partial charge in [0.2, 0.25) is 0 Å². The zero-order valence-electron chi connectivity index (χ0n) is 11.1. The minimum absolute atomic E-state index is 0.0318. The fourth-order valence-corrected chi connectivity index (χ4v) is 2.89. The smallest absolute Gasteiger partial charge is 0.123 e. The first-order valence-corrected chi connectivity index (χ1v) is 7.18. The van der Waals surface area contributed by atoms with Crippen molar-refractivity contribution in [2.24, 2.45) is 5.73 Å². The van der Waals surface area contributed by atoms with E-state index in [0.29, 0.717) is 0 Å². The van der Waals surface area contributed by atoms with Crippen LogP contribution in [-0.4, -0.2) is 5.25 Å². The maximum absolute atomic E-state index is 12.9. The van der Waals surface area contributed by atoms with E-state index in [0.717, 1.165) is 10.5 Å². The molecular weight excluding hydrogens is 257 g/mol. The third kappa shape index (κ3) is 3.82. The fourth-order valence-electron chi connectivity index (χ4n) is 1.86. The molecule has 19 heavy (non-hydrogen) atoms. The molecule has 0 fully saturated rings. The first kappa shape index (κ1) is 14.1. The number of benzene rings is 2. The Balaban J connectivity index is 2.04. The summed E-state index contributed by atoms with van der Waals surface area (Å²) in [7, 11) is 0. The summed E-state index contributed by atoms with van der Waals surface area (Å²) in [6, 6.07) is 14.8. The molecule has 0 aromatic heterocycles. The Kier molecular flexibility index (Phi) is 4.61. The third-order valence-electron chi connectivity index (χ3n) is 3.10. The molecule has 0 aliphatic heterocycles. The Hall–Kier alpha value is -1.32. The van der Waals surface area contributed by atoms with Crippen molar-refractivity contribution >= 4 is 11.8 Å². The highest BCUT2D eigenvalue weighted by Gasteiger charge is 2.15. The number of rotatable bonds is 4. The summed E-state index contributed by atoms with van der Waals surface area (Å²) in [6.45, 7) is 4.16. The molecule has 2 aromatic carbocycles. The van der Waals surface area contributed by atoms with E-state index in [1.807, 2.05) is 0 Å². The van der Waals surface area contributed by atoms with Crippen LogP contribution in [0.25, 0.3) is 0 Å². The molecule has 0 saturated carbocycles. The van der Waals surface area contributed by atoms with Crippen LogP contribution in [0, 0.1) is 12.7 Å². The number of hydrogen-bond donors (Lipinski definition) is 1. The molecule has 1 nitrogen and oxygen atoms in total. The van der Waals surface area contributed by atoms with Crippen LogP contribution in [0.3, 0.4) is 0 Å². The predicted octanol–water partition coefficient (Wildman–Crippen LogP) is 4.31. The van der Waals surface area contributed by atoms with Crippen LogP contribution in [0.5, 0.6) is 0 Å². The Morgan fingerprint density at radius 2 is 1.58 bits per heavy atom. The van der Waals surface area contributed by atoms with Gasteiger partial charge in [-0.05, 0) is 36.8 Å². The first-order chi connectivity index (χ1) is 9.06. The van der Waals surface area contributed by atoms with Gasteiger partial charge in [0, 0.05) is 16.2 Å². The standard InChI is InChI=1S/C16H18FNS/c1-11-3-5-13(6-4-11)16(18)12(2)19-15-9-7-14(17)8-10-15/h3-10,12,16H,18H2,1-2H3. The predicted molar refractivity (Wildman–Crippen MR) is 79.8 cm³/mol. The second kappa shape index (κ2) is 6.22. The molecule has 0 bridgehead atoms. The van der Waals surface area contributed by atoms with Crippen LogP contribution in [0.1, 0.15) is 24.1 Å². The minimum atomic E-state index is -0.208. The van der Waals surface area contributed by atoms with Crippen molar-refractivity contribution in [3.63, 3.8) is 0 Å². The molecule has 0 spiro atoms. The summed E-state index contributed by atoms with van der Waals surface area (Å²) < 4.78 is 12.9. The molecule has 3 heteroatoms. The number of thioether (sulfide) groups is 1. The van der Waals surface area contributed by atoms with Crippen molar-refractivity contribution < 1.29 is 4.39 Å². The normalized spacial score (nSPS) is 14.1. The molecular formula is C16H18FNS. The maximum Gasteiger partial charge on any atom is 0.123 e. The van der Waals surface area contributed by atoms with E-state index in [9.17, 15) is 4.39 Å². The van der Waals surface area contributed by atoms with E-state index < -0.39 is 0 Å². The van der Waals surface area contributed by atoms with Crippen molar-refractivity contribution in [2.45, 2.75) is 30.0 Å². The quantitative estimate of drug-likeness (QED) is 0.841. The maximum atomic E-state index is 12.9. The molecule has 2 N–H and O–H groups in total. The van der Waals surface area contributed by atoms with Crippen LogP contribution in [0.2, 0.25) is 0 Å². The van der Waals surface area contributed by atoms with E-state index in [4.69, 9.17) is 5.73 Å². The minimum Gasteiger partial charge on any atom is -0.323 e. The Bertz CT molecular complexity index is 521. The highest BCUT2D eigenvalue weighted by molar-refractivity contribution is 8.00. The van der Waals surface area contributed by atoms with Crippen molar-refractivity contribution in [3.8, 4) is 0 Å². The zero-order valence-corrected chi connectivity index (χ0v) is 12.0. The fraction of sp³-hybridized carbons (Fsp3) is 0.250. The first-order valence-electron chi connectivity index (χ1n) is 6.30. The van der Waals surface area contributed by atoms with Crippen LogP contribution in [-0.2, 0) is 0 Å². The second-order valence-electron chi connectivity index (χ2n) is 4.71. The van der Waals surface area contributed by atoms with Gasteiger partial charge in [0.15, 0.2) is 0 Å². The van der Waals surface area contributed by atoms with E-state index in [1.165, 1.54) is 17.7 Å². The molecule has 2 aromatic rings. The molecule has 0 heterocycles. The lowest BCUT2D eigenvalue weighted by Crippen LogP contribution is -2.20. The SMILES string of the molecule is Cc1ccc(C(N)C(C)Sc2ccc(F)cc2)cc1. The molecule has 0 saturated heterocycles. The summed E-state index contributed by atoms with van der Waals surface area (Å²) >= 11 is 1.67. The van der Waals surface area contributed by atoms with Gasteiger partial charge >= 0.3 is 0 Å². The molecule has 2 atom stereocenters. The number of halogens is 1. The van der Waals surface area contributed by atoms with Gasteiger partial charge in [0.05, 0.1) is 0 Å². The van der Waals surface area contributed by atoms with Crippen LogP contribution in [0.4, 0.5) is 4.39 Å². The third-order valence-corrected chi connectivity index (χ3v) is 4.31. The number of aryl methyl sites for hydroxylation is 1. The van der Waals surface area contributed by atoms with Gasteiger partial charge < -0.3 is 5.73 Å². The Morgan fingerprint density at radius 1 is 1.00 bits per heavy atom. The number of hydrogen-bond acceptors (Lipinski definition) is 2. The van der Waals surface area contributed by atoms with Crippen molar-refractivity contribution in [2.75, 3.05) is 0 Å². The van der Waals surface area contributed by atoms with E-state index in [1.54, 1.807) is 23.9 Å². The topological polar surface area (TPSA) is 26.0 Å². The summed E-state index contributed by atoms with van der Waals surface area (Å²) in [5.74, 6) is -0.208. The summed E-state index contributed by atoms with van der Waals surface area (Å²) in [5, 5.41) is 0.230. The van der Waals surface area contributed by atoms with E-state index in [-0.39, 0.29) is 17.1 Å². The van der Waals surface area contributed by atoms with Crippen molar-refractivity contribution in [1.82, 2.24) is 0 Å². The molecule has 2 rings (SSSR count). The average Bonchev–Trinajstić information content (AvgIpc) is 2.41. The van der Waals surface area contributed by atoms with E-state index in [2.05, 4.69) is 38.1 Å². The van der Waals surface area contributed by atoms with Crippen LogP contribution in [0.15, 0.2) is 53.4 Å². The highest BCUT2D eigenvalue weighted by Crippen LogP contribution is 2.30. The van der Waals surface area contributed by atoms with Crippen molar-refractivity contribution in [1.29, 1.82) is 0 Å². The van der Waals surface area contributed by atoms with E-state index >= 15 is 0 Å². The van der Waals surface area contributed by atoms with Crippen molar-refractivity contribution in [3.05, 3.63) is 65.5 Å². The molecule has 100 valence electrons. The van der Waals surface area contributed by atoms with Gasteiger partial charge in [-0.2, -0.15) is 0 Å². The summed E-state index contributed by atoms with van der Waals surface area (Å²) in [5.41, 5.74) is 8.63. The molecule has 0 amide bonds. The Morgan fingerprint density at radius 3 is 2.16 bits per heavy atom.